The molecule has 2 aromatic carbocycles. The predicted octanol–water partition coefficient (Wildman–Crippen LogP) is 4.28. The Hall–Kier alpha value is -2.38. The van der Waals surface area contributed by atoms with Crippen LogP contribution in [0, 0.1) is 19.7 Å². The van der Waals surface area contributed by atoms with E-state index in [0.29, 0.717) is 39.8 Å². The predicted molar refractivity (Wildman–Crippen MR) is 105 cm³/mol. The summed E-state index contributed by atoms with van der Waals surface area (Å²) in [6.07, 6.45) is 0. The van der Waals surface area contributed by atoms with E-state index in [9.17, 15) is 12.8 Å². The summed E-state index contributed by atoms with van der Waals surface area (Å²) in [5, 5.41) is 4.70. The SMILES string of the molecule is Cc1nn(Cc2ccc(F)cc2Cl)c(C)c1NS(=O)(=O)Cc1ccccc1. The molecule has 3 rings (SSSR count). The summed E-state index contributed by atoms with van der Waals surface area (Å²) in [7, 11) is -3.58. The first kappa shape index (κ1) is 19.4. The topological polar surface area (TPSA) is 64.0 Å². The molecule has 0 saturated heterocycles. The van der Waals surface area contributed by atoms with Crippen LogP contribution in [0.5, 0.6) is 0 Å². The van der Waals surface area contributed by atoms with Gasteiger partial charge in [-0.3, -0.25) is 9.40 Å². The highest BCUT2D eigenvalue weighted by molar-refractivity contribution is 7.91. The molecule has 0 saturated carbocycles. The number of anilines is 1. The fourth-order valence-electron chi connectivity index (χ4n) is 2.80. The van der Waals surface area contributed by atoms with Gasteiger partial charge in [-0.15, -0.1) is 0 Å². The van der Waals surface area contributed by atoms with Gasteiger partial charge in [0.05, 0.1) is 29.4 Å². The average molecular weight is 408 g/mol. The van der Waals surface area contributed by atoms with E-state index in [1.54, 1.807) is 48.9 Å². The minimum absolute atomic E-state index is 0.123. The third kappa shape index (κ3) is 4.67. The van der Waals surface area contributed by atoms with Crippen LogP contribution in [0.2, 0.25) is 5.02 Å². The van der Waals surface area contributed by atoms with Crippen molar-refractivity contribution in [2.45, 2.75) is 26.1 Å². The molecule has 1 aromatic heterocycles. The lowest BCUT2D eigenvalue weighted by Crippen LogP contribution is -2.16. The summed E-state index contributed by atoms with van der Waals surface area (Å²) < 4.78 is 42.5. The quantitative estimate of drug-likeness (QED) is 0.663. The van der Waals surface area contributed by atoms with Crippen molar-refractivity contribution in [3.8, 4) is 0 Å². The van der Waals surface area contributed by atoms with Crippen LogP contribution in [0.3, 0.4) is 0 Å². The van der Waals surface area contributed by atoms with Crippen LogP contribution in [0.1, 0.15) is 22.5 Å². The van der Waals surface area contributed by atoms with Crippen molar-refractivity contribution in [2.75, 3.05) is 4.72 Å². The largest absolute Gasteiger partial charge is 0.280 e. The molecule has 5 nitrogen and oxygen atoms in total. The van der Waals surface area contributed by atoms with Crippen molar-refractivity contribution < 1.29 is 12.8 Å². The van der Waals surface area contributed by atoms with E-state index >= 15 is 0 Å². The Bertz CT molecular complexity index is 1070. The van der Waals surface area contributed by atoms with Gasteiger partial charge >= 0.3 is 0 Å². The van der Waals surface area contributed by atoms with E-state index in [-0.39, 0.29) is 5.75 Å². The zero-order valence-electron chi connectivity index (χ0n) is 14.9. The van der Waals surface area contributed by atoms with Gasteiger partial charge < -0.3 is 0 Å². The lowest BCUT2D eigenvalue weighted by atomic mass is 10.2. The van der Waals surface area contributed by atoms with Crippen molar-refractivity contribution in [3.05, 3.63) is 81.9 Å². The van der Waals surface area contributed by atoms with Crippen molar-refractivity contribution in [3.63, 3.8) is 0 Å². The zero-order valence-corrected chi connectivity index (χ0v) is 16.5. The first-order valence-electron chi connectivity index (χ1n) is 8.27. The maximum absolute atomic E-state index is 13.2. The minimum atomic E-state index is -3.58. The molecule has 0 amide bonds. The summed E-state index contributed by atoms with van der Waals surface area (Å²) in [4.78, 5) is 0. The second-order valence-electron chi connectivity index (χ2n) is 6.29. The fraction of sp³-hybridized carbons (Fsp3) is 0.211. The van der Waals surface area contributed by atoms with Crippen LogP contribution in [0.4, 0.5) is 10.1 Å². The van der Waals surface area contributed by atoms with Crippen molar-refractivity contribution in [1.29, 1.82) is 0 Å². The number of halogens is 2. The highest BCUT2D eigenvalue weighted by Crippen LogP contribution is 2.25. The Labute approximate surface area is 162 Å². The molecule has 0 spiro atoms. The van der Waals surface area contributed by atoms with E-state index < -0.39 is 15.8 Å². The van der Waals surface area contributed by atoms with Crippen molar-refractivity contribution in [1.82, 2.24) is 9.78 Å². The molecule has 8 heteroatoms. The van der Waals surface area contributed by atoms with Crippen molar-refractivity contribution >= 4 is 27.3 Å². The second kappa shape index (κ2) is 7.70. The van der Waals surface area contributed by atoms with Gasteiger partial charge in [-0.2, -0.15) is 5.10 Å². The van der Waals surface area contributed by atoms with Gasteiger partial charge in [-0.05, 0) is 37.1 Å². The maximum atomic E-state index is 13.2. The summed E-state index contributed by atoms with van der Waals surface area (Å²) in [5.41, 5.74) is 3.06. The van der Waals surface area contributed by atoms with Gasteiger partial charge in [0.15, 0.2) is 0 Å². The minimum Gasteiger partial charge on any atom is -0.280 e. The molecular weight excluding hydrogens is 389 g/mol. The third-order valence-corrected chi connectivity index (χ3v) is 5.75. The van der Waals surface area contributed by atoms with E-state index in [0.717, 1.165) is 0 Å². The number of hydrogen-bond acceptors (Lipinski definition) is 3. The molecule has 27 heavy (non-hydrogen) atoms. The fourth-order valence-corrected chi connectivity index (χ4v) is 4.33. The number of sulfonamides is 1. The first-order chi connectivity index (χ1) is 12.7. The number of nitrogens with one attached hydrogen (secondary N) is 1. The number of aromatic nitrogens is 2. The molecule has 1 N–H and O–H groups in total. The summed E-state index contributed by atoms with van der Waals surface area (Å²) >= 11 is 6.08. The standard InChI is InChI=1S/C19H19ClFN3O2S/c1-13-19(23-27(25,26)12-15-6-4-3-5-7-15)14(2)24(22-13)11-16-8-9-17(21)10-18(16)20/h3-10,23H,11-12H2,1-2H3. The Balaban J connectivity index is 1.83. The average Bonchev–Trinajstić information content (AvgIpc) is 2.85. The smallest absolute Gasteiger partial charge is 0.237 e. The summed E-state index contributed by atoms with van der Waals surface area (Å²) in [5.74, 6) is -0.534. The molecule has 142 valence electrons. The van der Waals surface area contributed by atoms with Crippen LogP contribution >= 0.6 is 11.6 Å². The third-order valence-electron chi connectivity index (χ3n) is 4.17. The number of benzene rings is 2. The molecule has 0 aliphatic rings. The van der Waals surface area contributed by atoms with Gasteiger partial charge in [0.1, 0.15) is 5.82 Å². The molecular formula is C19H19ClFN3O2S. The normalized spacial score (nSPS) is 11.6. The van der Waals surface area contributed by atoms with Gasteiger partial charge in [0.2, 0.25) is 10.0 Å². The second-order valence-corrected chi connectivity index (χ2v) is 8.42. The maximum Gasteiger partial charge on any atom is 0.237 e. The van der Waals surface area contributed by atoms with Crippen LogP contribution in [-0.2, 0) is 22.3 Å². The van der Waals surface area contributed by atoms with E-state index in [2.05, 4.69) is 9.82 Å². The van der Waals surface area contributed by atoms with Crippen LogP contribution in [0.15, 0.2) is 48.5 Å². The van der Waals surface area contributed by atoms with E-state index in [1.165, 1.54) is 12.1 Å². The molecule has 1 heterocycles. The van der Waals surface area contributed by atoms with Gasteiger partial charge in [0, 0.05) is 5.02 Å². The summed E-state index contributed by atoms with van der Waals surface area (Å²) in [6.45, 7) is 3.82. The van der Waals surface area contributed by atoms with Gasteiger partial charge in [-0.1, -0.05) is 48.0 Å². The molecule has 0 aliphatic carbocycles. The Kier molecular flexibility index (Phi) is 5.53. The van der Waals surface area contributed by atoms with Gasteiger partial charge in [-0.25, -0.2) is 12.8 Å². The monoisotopic (exact) mass is 407 g/mol. The molecule has 0 fully saturated rings. The lowest BCUT2D eigenvalue weighted by Gasteiger charge is -2.10. The lowest BCUT2D eigenvalue weighted by molar-refractivity contribution is 0.600. The molecule has 0 radical (unpaired) electrons. The van der Waals surface area contributed by atoms with Gasteiger partial charge in [0.25, 0.3) is 0 Å². The molecule has 0 unspecified atom stereocenters. The van der Waals surface area contributed by atoms with Crippen LogP contribution in [0.25, 0.3) is 0 Å². The molecule has 0 aliphatic heterocycles. The number of aryl methyl sites for hydroxylation is 1. The Morgan fingerprint density at radius 1 is 1.15 bits per heavy atom. The van der Waals surface area contributed by atoms with Crippen molar-refractivity contribution in [2.24, 2.45) is 0 Å². The summed E-state index contributed by atoms with van der Waals surface area (Å²) in [6, 6.07) is 13.1. The van der Waals surface area contributed by atoms with E-state index in [1.807, 2.05) is 6.07 Å². The number of nitrogens with zero attached hydrogens (tertiary/aromatic N) is 2. The Morgan fingerprint density at radius 2 is 1.85 bits per heavy atom. The zero-order chi connectivity index (χ0) is 19.6. The Morgan fingerprint density at radius 3 is 2.52 bits per heavy atom. The van der Waals surface area contributed by atoms with Crippen LogP contribution in [-0.4, -0.2) is 18.2 Å². The molecule has 0 atom stereocenters. The molecule has 0 bridgehead atoms. The molecule has 3 aromatic rings. The highest BCUT2D eigenvalue weighted by Gasteiger charge is 2.19. The van der Waals surface area contributed by atoms with E-state index in [4.69, 9.17) is 11.6 Å². The van der Waals surface area contributed by atoms with Crippen LogP contribution < -0.4 is 4.72 Å². The number of rotatable bonds is 6. The first-order valence-corrected chi connectivity index (χ1v) is 10.3. The number of hydrogen-bond donors (Lipinski definition) is 1. The highest BCUT2D eigenvalue weighted by atomic mass is 35.5.